The molecule has 0 bridgehead atoms. The SMILES string of the molecule is C/C=C/c1nc(C(C)(C)NC(C)=O)no1. The van der Waals surface area contributed by atoms with Crippen molar-refractivity contribution in [2.24, 2.45) is 0 Å². The van der Waals surface area contributed by atoms with E-state index in [1.807, 2.05) is 26.8 Å². The highest BCUT2D eigenvalue weighted by atomic mass is 16.5. The van der Waals surface area contributed by atoms with Gasteiger partial charge in [0.25, 0.3) is 0 Å². The van der Waals surface area contributed by atoms with Crippen LogP contribution in [0.25, 0.3) is 6.08 Å². The van der Waals surface area contributed by atoms with Crippen LogP contribution >= 0.6 is 0 Å². The van der Waals surface area contributed by atoms with E-state index in [-0.39, 0.29) is 5.91 Å². The molecule has 0 radical (unpaired) electrons. The summed E-state index contributed by atoms with van der Waals surface area (Å²) in [7, 11) is 0. The van der Waals surface area contributed by atoms with E-state index >= 15 is 0 Å². The Morgan fingerprint density at radius 2 is 2.20 bits per heavy atom. The molecule has 1 rings (SSSR count). The van der Waals surface area contributed by atoms with Crippen molar-refractivity contribution in [3.05, 3.63) is 17.8 Å². The second-order valence-corrected chi connectivity index (χ2v) is 3.76. The maximum Gasteiger partial charge on any atom is 0.250 e. The van der Waals surface area contributed by atoms with Crippen LogP contribution in [0.1, 0.15) is 39.4 Å². The van der Waals surface area contributed by atoms with Crippen LogP contribution in [-0.4, -0.2) is 16.0 Å². The van der Waals surface area contributed by atoms with Crippen molar-refractivity contribution in [2.45, 2.75) is 33.2 Å². The molecule has 0 aliphatic carbocycles. The number of hydrogen-bond donors (Lipinski definition) is 1. The predicted molar refractivity (Wildman–Crippen MR) is 55.8 cm³/mol. The molecule has 1 aromatic heterocycles. The van der Waals surface area contributed by atoms with E-state index in [1.54, 1.807) is 6.08 Å². The minimum Gasteiger partial charge on any atom is -0.344 e. The number of nitrogens with one attached hydrogen (secondary N) is 1. The van der Waals surface area contributed by atoms with E-state index in [2.05, 4.69) is 15.5 Å². The molecule has 0 aliphatic rings. The molecular weight excluding hydrogens is 194 g/mol. The van der Waals surface area contributed by atoms with E-state index in [0.717, 1.165) is 0 Å². The Morgan fingerprint density at radius 1 is 1.53 bits per heavy atom. The summed E-state index contributed by atoms with van der Waals surface area (Å²) in [6.45, 7) is 6.95. The zero-order chi connectivity index (χ0) is 11.5. The third kappa shape index (κ3) is 2.90. The zero-order valence-electron chi connectivity index (χ0n) is 9.37. The molecule has 15 heavy (non-hydrogen) atoms. The molecule has 0 fully saturated rings. The predicted octanol–water partition coefficient (Wildman–Crippen LogP) is 1.47. The van der Waals surface area contributed by atoms with Crippen LogP contribution in [0.15, 0.2) is 10.6 Å². The highest BCUT2D eigenvalue weighted by molar-refractivity contribution is 5.73. The molecule has 1 heterocycles. The van der Waals surface area contributed by atoms with Crippen LogP contribution in [-0.2, 0) is 10.3 Å². The van der Waals surface area contributed by atoms with Gasteiger partial charge in [0.05, 0.1) is 5.54 Å². The molecule has 0 saturated carbocycles. The summed E-state index contributed by atoms with van der Waals surface area (Å²) in [5, 5.41) is 6.55. The fourth-order valence-electron chi connectivity index (χ4n) is 1.20. The van der Waals surface area contributed by atoms with Crippen LogP contribution in [0.2, 0.25) is 0 Å². The summed E-state index contributed by atoms with van der Waals surface area (Å²) >= 11 is 0. The van der Waals surface area contributed by atoms with Gasteiger partial charge in [0.15, 0.2) is 5.82 Å². The smallest absolute Gasteiger partial charge is 0.250 e. The van der Waals surface area contributed by atoms with Crippen LogP contribution in [0.4, 0.5) is 0 Å². The number of carbonyl (C=O) groups excluding carboxylic acids is 1. The first-order valence-electron chi connectivity index (χ1n) is 4.71. The summed E-state index contributed by atoms with van der Waals surface area (Å²) in [6.07, 6.45) is 3.52. The molecule has 0 aliphatic heterocycles. The van der Waals surface area contributed by atoms with Crippen LogP contribution in [0.5, 0.6) is 0 Å². The molecule has 1 aromatic rings. The lowest BCUT2D eigenvalue weighted by Crippen LogP contribution is -2.40. The van der Waals surface area contributed by atoms with Gasteiger partial charge in [-0.15, -0.1) is 0 Å². The van der Waals surface area contributed by atoms with Crippen molar-refractivity contribution in [3.8, 4) is 0 Å². The Labute approximate surface area is 88.6 Å². The monoisotopic (exact) mass is 209 g/mol. The van der Waals surface area contributed by atoms with E-state index in [4.69, 9.17) is 4.52 Å². The molecule has 1 N–H and O–H groups in total. The quantitative estimate of drug-likeness (QED) is 0.818. The van der Waals surface area contributed by atoms with E-state index in [1.165, 1.54) is 6.92 Å². The fourth-order valence-corrected chi connectivity index (χ4v) is 1.20. The number of nitrogens with zero attached hydrogens (tertiary/aromatic N) is 2. The topological polar surface area (TPSA) is 68.0 Å². The standard InChI is InChI=1S/C10H15N3O2/c1-5-6-8-11-9(13-15-8)10(3,4)12-7(2)14/h5-6H,1-4H3,(H,12,14)/b6-5+. The maximum absolute atomic E-state index is 11.0. The zero-order valence-corrected chi connectivity index (χ0v) is 9.37. The highest BCUT2D eigenvalue weighted by Gasteiger charge is 2.26. The van der Waals surface area contributed by atoms with Crippen molar-refractivity contribution in [2.75, 3.05) is 0 Å². The summed E-state index contributed by atoms with van der Waals surface area (Å²) < 4.78 is 4.97. The third-order valence-electron chi connectivity index (χ3n) is 1.80. The van der Waals surface area contributed by atoms with Crippen LogP contribution < -0.4 is 5.32 Å². The number of allylic oxidation sites excluding steroid dienone is 1. The van der Waals surface area contributed by atoms with Gasteiger partial charge >= 0.3 is 0 Å². The second-order valence-electron chi connectivity index (χ2n) is 3.76. The highest BCUT2D eigenvalue weighted by Crippen LogP contribution is 2.16. The summed E-state index contributed by atoms with van der Waals surface area (Å²) in [6, 6.07) is 0. The van der Waals surface area contributed by atoms with Gasteiger partial charge in [-0.3, -0.25) is 4.79 Å². The number of carbonyl (C=O) groups is 1. The average molecular weight is 209 g/mol. The first-order chi connectivity index (χ1) is 6.95. The maximum atomic E-state index is 11.0. The molecule has 5 heteroatoms. The van der Waals surface area contributed by atoms with Gasteiger partial charge in [-0.1, -0.05) is 11.2 Å². The first-order valence-corrected chi connectivity index (χ1v) is 4.71. The van der Waals surface area contributed by atoms with Gasteiger partial charge in [-0.05, 0) is 26.8 Å². The van der Waals surface area contributed by atoms with Gasteiger partial charge in [0.2, 0.25) is 11.8 Å². The molecule has 1 amide bonds. The third-order valence-corrected chi connectivity index (χ3v) is 1.80. The lowest BCUT2D eigenvalue weighted by Gasteiger charge is -2.20. The Kier molecular flexibility index (Phi) is 3.24. The summed E-state index contributed by atoms with van der Waals surface area (Å²) in [5.41, 5.74) is -0.616. The summed E-state index contributed by atoms with van der Waals surface area (Å²) in [4.78, 5) is 15.1. The molecule has 82 valence electrons. The lowest BCUT2D eigenvalue weighted by atomic mass is 10.1. The minimum atomic E-state index is -0.616. The Bertz CT molecular complexity index is 380. The Hall–Kier alpha value is -1.65. The first kappa shape index (κ1) is 11.4. The van der Waals surface area contributed by atoms with E-state index in [9.17, 15) is 4.79 Å². The van der Waals surface area contributed by atoms with Gasteiger partial charge in [0, 0.05) is 6.92 Å². The van der Waals surface area contributed by atoms with E-state index < -0.39 is 5.54 Å². The largest absolute Gasteiger partial charge is 0.344 e. The van der Waals surface area contributed by atoms with Crippen LogP contribution in [0, 0.1) is 0 Å². The number of rotatable bonds is 3. The van der Waals surface area contributed by atoms with Crippen molar-refractivity contribution in [3.63, 3.8) is 0 Å². The molecule has 0 unspecified atom stereocenters. The number of amides is 1. The van der Waals surface area contributed by atoms with Crippen molar-refractivity contribution in [1.29, 1.82) is 0 Å². The number of aromatic nitrogens is 2. The van der Waals surface area contributed by atoms with Crippen LogP contribution in [0.3, 0.4) is 0 Å². The summed E-state index contributed by atoms with van der Waals surface area (Å²) in [5.74, 6) is 0.772. The van der Waals surface area contributed by atoms with Gasteiger partial charge in [-0.25, -0.2) is 0 Å². The van der Waals surface area contributed by atoms with Gasteiger partial charge < -0.3 is 9.84 Å². The van der Waals surface area contributed by atoms with Crippen molar-refractivity contribution in [1.82, 2.24) is 15.5 Å². The average Bonchev–Trinajstić information content (AvgIpc) is 2.51. The van der Waals surface area contributed by atoms with Crippen molar-refractivity contribution < 1.29 is 9.32 Å². The lowest BCUT2D eigenvalue weighted by molar-refractivity contribution is -0.120. The number of hydrogen-bond acceptors (Lipinski definition) is 4. The molecule has 0 atom stereocenters. The Morgan fingerprint density at radius 3 is 2.73 bits per heavy atom. The van der Waals surface area contributed by atoms with E-state index in [0.29, 0.717) is 11.7 Å². The fraction of sp³-hybridized carbons (Fsp3) is 0.500. The van der Waals surface area contributed by atoms with Gasteiger partial charge in [0.1, 0.15) is 0 Å². The van der Waals surface area contributed by atoms with Gasteiger partial charge in [-0.2, -0.15) is 4.98 Å². The second kappa shape index (κ2) is 4.25. The molecular formula is C10H15N3O2. The molecule has 0 aromatic carbocycles. The normalized spacial score (nSPS) is 12.0. The molecule has 0 saturated heterocycles. The molecule has 5 nitrogen and oxygen atoms in total. The Balaban J connectivity index is 2.89. The minimum absolute atomic E-state index is 0.127. The van der Waals surface area contributed by atoms with Crippen molar-refractivity contribution >= 4 is 12.0 Å². The molecule has 0 spiro atoms.